The van der Waals surface area contributed by atoms with Crippen LogP contribution in [0, 0.1) is 5.92 Å². The van der Waals surface area contributed by atoms with Gasteiger partial charge in [-0.1, -0.05) is 19.3 Å². The number of hydrogen-bond donors (Lipinski definition) is 0. The Morgan fingerprint density at radius 2 is 1.75 bits per heavy atom. The van der Waals surface area contributed by atoms with Gasteiger partial charge in [-0.3, -0.25) is 0 Å². The number of fused-ring (bicyclic) bond motifs is 1. The van der Waals surface area contributed by atoms with Crippen LogP contribution in [0.15, 0.2) is 4.40 Å². The van der Waals surface area contributed by atoms with Crippen LogP contribution in [0.25, 0.3) is 0 Å². The predicted molar refractivity (Wildman–Crippen MR) is 77.2 cm³/mol. The van der Waals surface area contributed by atoms with Crippen molar-refractivity contribution >= 4 is 15.9 Å². The predicted octanol–water partition coefficient (Wildman–Crippen LogP) is 3.17. The van der Waals surface area contributed by atoms with Gasteiger partial charge < -0.3 is 4.74 Å². The third kappa shape index (κ3) is 1.71. The van der Waals surface area contributed by atoms with E-state index in [-0.39, 0.29) is 0 Å². The molecule has 1 aliphatic heterocycles. The number of rotatable bonds is 2. The van der Waals surface area contributed by atoms with Gasteiger partial charge in [-0.25, -0.2) is 8.42 Å². The molecule has 3 fully saturated rings. The molecular weight excluding hydrogens is 274 g/mol. The Bertz CT molecular complexity index is 537. The van der Waals surface area contributed by atoms with E-state index in [4.69, 9.17) is 4.74 Å². The van der Waals surface area contributed by atoms with Crippen molar-refractivity contribution in [1.29, 1.82) is 0 Å². The zero-order chi connectivity index (χ0) is 13.8. The zero-order valence-corrected chi connectivity index (χ0v) is 12.8. The standard InChI is InChI=1S/C15H23NO3S/c17-20(18)15(9-10-15)14(7-4-8-14)19-13(16-20)11-12-5-2-1-3-6-12/h12H,1-11H2. The molecule has 0 saturated heterocycles. The van der Waals surface area contributed by atoms with E-state index in [2.05, 4.69) is 4.40 Å². The zero-order valence-electron chi connectivity index (χ0n) is 11.9. The van der Waals surface area contributed by atoms with Gasteiger partial charge in [-0.15, -0.1) is 4.40 Å². The SMILES string of the molecule is O=S1(=O)N=C(CC2CCCCC2)OC2(CCC2)C12CC2. The summed E-state index contributed by atoms with van der Waals surface area (Å²) in [4.78, 5) is 0. The lowest BCUT2D eigenvalue weighted by Crippen LogP contribution is -2.59. The van der Waals surface area contributed by atoms with Crippen molar-refractivity contribution in [2.24, 2.45) is 10.3 Å². The molecule has 0 aromatic rings. The van der Waals surface area contributed by atoms with Crippen LogP contribution in [0.3, 0.4) is 0 Å². The minimum absolute atomic E-state index is 0.405. The van der Waals surface area contributed by atoms with Crippen LogP contribution in [0.1, 0.15) is 70.6 Å². The smallest absolute Gasteiger partial charge is 0.265 e. The summed E-state index contributed by atoms with van der Waals surface area (Å²) in [7, 11) is -3.36. The minimum atomic E-state index is -3.36. The molecule has 4 nitrogen and oxygen atoms in total. The number of nitrogens with zero attached hydrogens (tertiary/aromatic N) is 1. The second kappa shape index (κ2) is 4.21. The van der Waals surface area contributed by atoms with Crippen LogP contribution in [0.5, 0.6) is 0 Å². The van der Waals surface area contributed by atoms with E-state index in [0.29, 0.717) is 11.8 Å². The molecule has 0 radical (unpaired) electrons. The Morgan fingerprint density at radius 3 is 2.30 bits per heavy atom. The molecule has 4 aliphatic rings. The van der Waals surface area contributed by atoms with Crippen molar-refractivity contribution in [3.05, 3.63) is 0 Å². The molecule has 1 heterocycles. The minimum Gasteiger partial charge on any atom is -0.472 e. The second-order valence-electron chi connectivity index (χ2n) is 7.11. The van der Waals surface area contributed by atoms with Crippen molar-refractivity contribution in [2.75, 3.05) is 0 Å². The van der Waals surface area contributed by atoms with Crippen LogP contribution in [0.2, 0.25) is 0 Å². The van der Waals surface area contributed by atoms with E-state index in [0.717, 1.165) is 38.5 Å². The molecule has 0 N–H and O–H groups in total. The summed E-state index contributed by atoms with van der Waals surface area (Å²) < 4.78 is 34.7. The Morgan fingerprint density at radius 1 is 1.05 bits per heavy atom. The molecule has 0 amide bonds. The number of hydrogen-bond acceptors (Lipinski definition) is 3. The van der Waals surface area contributed by atoms with Crippen LogP contribution in [-0.4, -0.2) is 24.7 Å². The normalized spacial score (nSPS) is 33.3. The molecule has 0 aromatic heterocycles. The van der Waals surface area contributed by atoms with Gasteiger partial charge in [-0.05, 0) is 50.9 Å². The summed E-state index contributed by atoms with van der Waals surface area (Å²) in [5.41, 5.74) is -0.405. The summed E-state index contributed by atoms with van der Waals surface area (Å²) in [6.45, 7) is 0. The van der Waals surface area contributed by atoms with Gasteiger partial charge in [-0.2, -0.15) is 0 Å². The Kier molecular flexibility index (Phi) is 2.76. The molecule has 3 aliphatic carbocycles. The van der Waals surface area contributed by atoms with Crippen molar-refractivity contribution in [3.63, 3.8) is 0 Å². The highest BCUT2D eigenvalue weighted by Gasteiger charge is 2.73. The monoisotopic (exact) mass is 297 g/mol. The number of sulfonamides is 1. The molecule has 3 saturated carbocycles. The molecule has 20 heavy (non-hydrogen) atoms. The topological polar surface area (TPSA) is 55.7 Å². The van der Waals surface area contributed by atoms with Crippen molar-refractivity contribution < 1.29 is 13.2 Å². The summed E-state index contributed by atoms with van der Waals surface area (Å²) >= 11 is 0. The van der Waals surface area contributed by atoms with Crippen molar-refractivity contribution in [1.82, 2.24) is 0 Å². The van der Waals surface area contributed by atoms with E-state index in [1.807, 2.05) is 0 Å². The first-order chi connectivity index (χ1) is 9.57. The Labute approximate surface area is 121 Å². The Balaban J connectivity index is 1.59. The average Bonchev–Trinajstić information content (AvgIpc) is 3.15. The first kappa shape index (κ1) is 13.1. The van der Waals surface area contributed by atoms with E-state index < -0.39 is 20.4 Å². The van der Waals surface area contributed by atoms with Gasteiger partial charge in [0.1, 0.15) is 10.3 Å². The lowest BCUT2D eigenvalue weighted by Gasteiger charge is -2.49. The van der Waals surface area contributed by atoms with Crippen molar-refractivity contribution in [3.8, 4) is 0 Å². The fourth-order valence-corrected chi connectivity index (χ4v) is 6.28. The number of ether oxygens (including phenoxy) is 1. The summed E-state index contributed by atoms with van der Waals surface area (Å²) in [6, 6.07) is 0. The third-order valence-corrected chi connectivity index (χ3v) is 8.12. The lowest BCUT2D eigenvalue weighted by atomic mass is 9.75. The van der Waals surface area contributed by atoms with E-state index in [1.165, 1.54) is 32.1 Å². The molecule has 0 atom stereocenters. The highest BCUT2D eigenvalue weighted by atomic mass is 32.2. The Hall–Kier alpha value is -0.580. The maximum Gasteiger partial charge on any atom is 0.265 e. The van der Waals surface area contributed by atoms with Crippen LogP contribution >= 0.6 is 0 Å². The van der Waals surface area contributed by atoms with Crippen molar-refractivity contribution in [2.45, 2.75) is 81.0 Å². The summed E-state index contributed by atoms with van der Waals surface area (Å²) in [6.07, 6.45) is 11.3. The van der Waals surface area contributed by atoms with Gasteiger partial charge in [0, 0.05) is 6.42 Å². The van der Waals surface area contributed by atoms with E-state index >= 15 is 0 Å². The van der Waals surface area contributed by atoms with E-state index in [9.17, 15) is 8.42 Å². The molecule has 0 bridgehead atoms. The molecular formula is C15H23NO3S. The maximum absolute atomic E-state index is 12.6. The molecule has 2 spiro atoms. The van der Waals surface area contributed by atoms with Gasteiger partial charge in [0.2, 0.25) is 5.90 Å². The maximum atomic E-state index is 12.6. The van der Waals surface area contributed by atoms with Gasteiger partial charge >= 0.3 is 0 Å². The van der Waals surface area contributed by atoms with Gasteiger partial charge in [0.25, 0.3) is 10.0 Å². The molecule has 0 aromatic carbocycles. The first-order valence-corrected chi connectivity index (χ1v) is 9.53. The average molecular weight is 297 g/mol. The van der Waals surface area contributed by atoms with Crippen LogP contribution in [0.4, 0.5) is 0 Å². The largest absolute Gasteiger partial charge is 0.472 e. The van der Waals surface area contributed by atoms with Crippen LogP contribution in [-0.2, 0) is 14.8 Å². The highest BCUT2D eigenvalue weighted by Crippen LogP contribution is 2.63. The second-order valence-corrected chi connectivity index (χ2v) is 9.03. The fraction of sp³-hybridized carbons (Fsp3) is 0.933. The molecule has 5 heteroatoms. The quantitative estimate of drug-likeness (QED) is 0.786. The fourth-order valence-electron chi connectivity index (χ4n) is 4.39. The summed E-state index contributed by atoms with van der Waals surface area (Å²) in [5.74, 6) is 1.09. The molecule has 4 rings (SSSR count). The highest BCUT2D eigenvalue weighted by molar-refractivity contribution is 7.92. The van der Waals surface area contributed by atoms with Gasteiger partial charge in [0.15, 0.2) is 0 Å². The molecule has 0 unspecified atom stereocenters. The first-order valence-electron chi connectivity index (χ1n) is 8.09. The third-order valence-electron chi connectivity index (χ3n) is 5.91. The van der Waals surface area contributed by atoms with Crippen LogP contribution < -0.4 is 0 Å². The summed E-state index contributed by atoms with van der Waals surface area (Å²) in [5, 5.41) is 0. The lowest BCUT2D eigenvalue weighted by molar-refractivity contribution is -0.0367. The van der Waals surface area contributed by atoms with Gasteiger partial charge in [0.05, 0.1) is 0 Å². The molecule has 112 valence electrons. The van der Waals surface area contributed by atoms with E-state index in [1.54, 1.807) is 0 Å².